The number of aliphatic carboxylic acids is 1. The molecule has 0 unspecified atom stereocenters. The summed E-state index contributed by atoms with van der Waals surface area (Å²) < 4.78 is 0. The second-order valence-corrected chi connectivity index (χ2v) is 7.85. The molecule has 0 aromatic heterocycles. The Morgan fingerprint density at radius 3 is 2.14 bits per heavy atom. The number of likely N-dealkylation sites (tertiary alicyclic amines) is 1. The molecule has 0 bridgehead atoms. The van der Waals surface area contributed by atoms with Crippen molar-refractivity contribution in [3.8, 4) is 0 Å². The van der Waals surface area contributed by atoms with E-state index in [9.17, 15) is 9.59 Å². The molecule has 3 rings (SSSR count). The Kier molecular flexibility index (Phi) is 5.80. The third-order valence-corrected chi connectivity index (χ3v) is 5.68. The standard InChI is InChI=1S/C24H27NO3/c1-15-9-21(10-16(2)18(15)4)23(26)11-17(3)20-7-5-19(6-8-20)12-25-13-22(14-25)24(27)28/h5-11,22H,12-14H2,1-4H3,(H,27,28)/b17-11+. The Hall–Kier alpha value is -2.72. The molecule has 0 atom stereocenters. The minimum Gasteiger partial charge on any atom is -0.481 e. The van der Waals surface area contributed by atoms with Gasteiger partial charge in [0.05, 0.1) is 5.92 Å². The molecule has 1 fully saturated rings. The average molecular weight is 377 g/mol. The first-order chi connectivity index (χ1) is 13.2. The van der Waals surface area contributed by atoms with Gasteiger partial charge in [0.15, 0.2) is 5.78 Å². The van der Waals surface area contributed by atoms with Crippen LogP contribution in [0.15, 0.2) is 42.5 Å². The van der Waals surface area contributed by atoms with Crippen LogP contribution >= 0.6 is 0 Å². The molecule has 2 aromatic carbocycles. The van der Waals surface area contributed by atoms with Crippen molar-refractivity contribution < 1.29 is 14.7 Å². The normalized spacial score (nSPS) is 15.4. The highest BCUT2D eigenvalue weighted by molar-refractivity contribution is 6.08. The molecule has 28 heavy (non-hydrogen) atoms. The molecule has 1 aliphatic rings. The molecule has 0 radical (unpaired) electrons. The zero-order chi connectivity index (χ0) is 20.4. The number of allylic oxidation sites excluding steroid dienone is 2. The zero-order valence-corrected chi connectivity index (χ0v) is 17.0. The fraction of sp³-hybridized carbons (Fsp3) is 0.333. The summed E-state index contributed by atoms with van der Waals surface area (Å²) in [6, 6.07) is 12.0. The predicted octanol–water partition coefficient (Wildman–Crippen LogP) is 4.41. The Morgan fingerprint density at radius 1 is 1.04 bits per heavy atom. The molecular formula is C24H27NO3. The third-order valence-electron chi connectivity index (χ3n) is 5.68. The largest absolute Gasteiger partial charge is 0.481 e. The molecule has 0 spiro atoms. The highest BCUT2D eigenvalue weighted by Crippen LogP contribution is 2.22. The number of benzene rings is 2. The van der Waals surface area contributed by atoms with Gasteiger partial charge >= 0.3 is 5.97 Å². The molecule has 0 saturated carbocycles. The minimum absolute atomic E-state index is 0.0214. The summed E-state index contributed by atoms with van der Waals surface area (Å²) in [5.74, 6) is -0.923. The van der Waals surface area contributed by atoms with Gasteiger partial charge in [-0.05, 0) is 79.3 Å². The van der Waals surface area contributed by atoms with E-state index in [4.69, 9.17) is 5.11 Å². The molecule has 2 aromatic rings. The van der Waals surface area contributed by atoms with Gasteiger partial charge in [-0.15, -0.1) is 0 Å². The predicted molar refractivity (Wildman–Crippen MR) is 111 cm³/mol. The fourth-order valence-electron chi connectivity index (χ4n) is 3.53. The van der Waals surface area contributed by atoms with Crippen molar-refractivity contribution in [1.82, 2.24) is 4.90 Å². The van der Waals surface area contributed by atoms with Gasteiger partial charge < -0.3 is 5.11 Å². The van der Waals surface area contributed by atoms with Crippen molar-refractivity contribution in [1.29, 1.82) is 0 Å². The lowest BCUT2D eigenvalue weighted by molar-refractivity contribution is -0.147. The van der Waals surface area contributed by atoms with Crippen LogP contribution in [0.4, 0.5) is 0 Å². The molecule has 146 valence electrons. The maximum Gasteiger partial charge on any atom is 0.309 e. The van der Waals surface area contributed by atoms with Crippen LogP contribution in [0.3, 0.4) is 0 Å². The minimum atomic E-state index is -0.712. The number of carboxylic acid groups (broad SMARTS) is 1. The number of carboxylic acids is 1. The number of ketones is 1. The van der Waals surface area contributed by atoms with E-state index in [0.717, 1.165) is 39.9 Å². The molecular weight excluding hydrogens is 350 g/mol. The van der Waals surface area contributed by atoms with Crippen molar-refractivity contribution in [2.24, 2.45) is 5.92 Å². The SMILES string of the molecule is C/C(=C\C(=O)c1cc(C)c(C)c(C)c1)c1ccc(CN2CC(C(=O)O)C2)cc1. The van der Waals surface area contributed by atoms with Gasteiger partial charge in [0.1, 0.15) is 0 Å². The molecule has 1 heterocycles. The van der Waals surface area contributed by atoms with Crippen LogP contribution < -0.4 is 0 Å². The van der Waals surface area contributed by atoms with Gasteiger partial charge in [-0.25, -0.2) is 0 Å². The van der Waals surface area contributed by atoms with E-state index in [1.807, 2.05) is 57.2 Å². The van der Waals surface area contributed by atoms with Crippen molar-refractivity contribution in [2.45, 2.75) is 34.2 Å². The number of hydrogen-bond acceptors (Lipinski definition) is 3. The van der Waals surface area contributed by atoms with Crippen molar-refractivity contribution >= 4 is 17.3 Å². The van der Waals surface area contributed by atoms with E-state index < -0.39 is 5.97 Å². The molecule has 1 N–H and O–H groups in total. The topological polar surface area (TPSA) is 57.6 Å². The van der Waals surface area contributed by atoms with Crippen LogP contribution in [0.1, 0.15) is 45.1 Å². The number of rotatable bonds is 6. The van der Waals surface area contributed by atoms with Gasteiger partial charge in [0, 0.05) is 25.2 Å². The Balaban J connectivity index is 1.66. The quantitative estimate of drug-likeness (QED) is 0.598. The Bertz CT molecular complexity index is 912. The maximum absolute atomic E-state index is 12.7. The lowest BCUT2D eigenvalue weighted by Crippen LogP contribution is -2.49. The van der Waals surface area contributed by atoms with Crippen LogP contribution in [-0.4, -0.2) is 34.8 Å². The van der Waals surface area contributed by atoms with Crippen LogP contribution in [0.2, 0.25) is 0 Å². The summed E-state index contributed by atoms with van der Waals surface area (Å²) >= 11 is 0. The number of nitrogens with zero attached hydrogens (tertiary/aromatic N) is 1. The summed E-state index contributed by atoms with van der Waals surface area (Å²) in [5.41, 5.74) is 7.32. The van der Waals surface area contributed by atoms with Crippen molar-refractivity contribution in [3.63, 3.8) is 0 Å². The highest BCUT2D eigenvalue weighted by atomic mass is 16.4. The van der Waals surface area contributed by atoms with Crippen LogP contribution in [0.5, 0.6) is 0 Å². The Morgan fingerprint density at radius 2 is 1.61 bits per heavy atom. The lowest BCUT2D eigenvalue weighted by atomic mass is 9.96. The second-order valence-electron chi connectivity index (χ2n) is 7.85. The van der Waals surface area contributed by atoms with Crippen LogP contribution in [-0.2, 0) is 11.3 Å². The van der Waals surface area contributed by atoms with Crippen molar-refractivity contribution in [3.05, 3.63) is 75.9 Å². The number of carbonyl (C=O) groups excluding carboxylic acids is 1. The van der Waals surface area contributed by atoms with Crippen LogP contribution in [0, 0.1) is 26.7 Å². The molecule has 4 heteroatoms. The summed E-state index contributed by atoms with van der Waals surface area (Å²) in [4.78, 5) is 25.7. The number of carbonyl (C=O) groups is 2. The molecule has 4 nitrogen and oxygen atoms in total. The van der Waals surface area contributed by atoms with E-state index >= 15 is 0 Å². The molecule has 0 amide bonds. The van der Waals surface area contributed by atoms with Gasteiger partial charge in [-0.3, -0.25) is 14.5 Å². The number of aryl methyl sites for hydroxylation is 2. The summed E-state index contributed by atoms with van der Waals surface area (Å²) in [6.45, 7) is 10.1. The highest BCUT2D eigenvalue weighted by Gasteiger charge is 2.32. The summed E-state index contributed by atoms with van der Waals surface area (Å²) in [7, 11) is 0. The van der Waals surface area contributed by atoms with E-state index in [1.54, 1.807) is 6.08 Å². The zero-order valence-electron chi connectivity index (χ0n) is 17.0. The van der Waals surface area contributed by atoms with Crippen LogP contribution in [0.25, 0.3) is 5.57 Å². The smallest absolute Gasteiger partial charge is 0.309 e. The lowest BCUT2D eigenvalue weighted by Gasteiger charge is -2.36. The van der Waals surface area contributed by atoms with E-state index in [2.05, 4.69) is 11.8 Å². The third kappa shape index (κ3) is 4.39. The summed E-state index contributed by atoms with van der Waals surface area (Å²) in [6.07, 6.45) is 1.70. The average Bonchev–Trinajstić information content (AvgIpc) is 2.61. The fourth-order valence-corrected chi connectivity index (χ4v) is 3.53. The maximum atomic E-state index is 12.7. The van der Waals surface area contributed by atoms with Gasteiger partial charge in [0.25, 0.3) is 0 Å². The summed E-state index contributed by atoms with van der Waals surface area (Å²) in [5, 5.41) is 8.95. The van der Waals surface area contributed by atoms with E-state index in [0.29, 0.717) is 13.1 Å². The molecule has 0 aliphatic carbocycles. The van der Waals surface area contributed by atoms with Gasteiger partial charge in [0.2, 0.25) is 0 Å². The monoisotopic (exact) mass is 377 g/mol. The molecule has 1 saturated heterocycles. The molecule has 1 aliphatic heterocycles. The first-order valence-corrected chi connectivity index (χ1v) is 9.59. The first kappa shape index (κ1) is 20.0. The number of hydrogen-bond donors (Lipinski definition) is 1. The second kappa shape index (κ2) is 8.11. The van der Waals surface area contributed by atoms with Crippen molar-refractivity contribution in [2.75, 3.05) is 13.1 Å². The van der Waals surface area contributed by atoms with E-state index in [-0.39, 0.29) is 11.7 Å². The first-order valence-electron chi connectivity index (χ1n) is 9.59. The Labute approximate surface area is 166 Å². The van der Waals surface area contributed by atoms with Gasteiger partial charge in [-0.2, -0.15) is 0 Å². The van der Waals surface area contributed by atoms with Gasteiger partial charge in [-0.1, -0.05) is 24.3 Å². The van der Waals surface area contributed by atoms with E-state index in [1.165, 1.54) is 5.56 Å².